The van der Waals surface area contributed by atoms with Gasteiger partial charge in [0.1, 0.15) is 41.7 Å². The van der Waals surface area contributed by atoms with E-state index < -0.39 is 85.6 Å². The lowest BCUT2D eigenvalue weighted by atomic mass is 9.64. The third kappa shape index (κ3) is 5.45. The largest absolute Gasteiger partial charge is 0.394 e. The number of aliphatic hydroxyl groups excluding tert-OH is 5. The van der Waals surface area contributed by atoms with Gasteiger partial charge in [0, 0.05) is 11.8 Å². The Hall–Kier alpha value is -1.29. The van der Waals surface area contributed by atoms with Crippen molar-refractivity contribution >= 4 is 5.78 Å². The average Bonchev–Trinajstić information content (AvgIpc) is 3.09. The maximum atomic E-state index is 12.0. The van der Waals surface area contributed by atoms with Gasteiger partial charge in [-0.15, -0.1) is 0 Å². The molecule has 10 unspecified atom stereocenters. The molecule has 206 valence electrons. The van der Waals surface area contributed by atoms with Gasteiger partial charge >= 0.3 is 0 Å². The van der Waals surface area contributed by atoms with E-state index in [1.165, 1.54) is 12.2 Å². The van der Waals surface area contributed by atoms with Crippen LogP contribution in [0, 0.1) is 5.41 Å². The van der Waals surface area contributed by atoms with Crippen molar-refractivity contribution in [2.75, 3.05) is 19.8 Å². The third-order valence-corrected chi connectivity index (χ3v) is 7.28. The molecule has 0 saturated carbocycles. The molecule has 0 aromatic carbocycles. The van der Waals surface area contributed by atoms with E-state index in [9.17, 15) is 40.5 Å². The minimum atomic E-state index is -1.97. The minimum Gasteiger partial charge on any atom is -0.394 e. The lowest BCUT2D eigenvalue weighted by Crippen LogP contribution is -2.62. The second-order valence-electron chi connectivity index (χ2n) is 10.5. The van der Waals surface area contributed by atoms with E-state index >= 15 is 0 Å². The lowest BCUT2D eigenvalue weighted by Gasteiger charge is -2.44. The van der Waals surface area contributed by atoms with Gasteiger partial charge in [0.15, 0.2) is 18.4 Å². The van der Waals surface area contributed by atoms with Crippen molar-refractivity contribution in [3.63, 3.8) is 0 Å². The monoisotopic (exact) mass is 518 g/mol. The Morgan fingerprint density at radius 2 is 1.83 bits per heavy atom. The predicted octanol–water partition coefficient (Wildman–Crippen LogP) is -2.11. The van der Waals surface area contributed by atoms with Crippen molar-refractivity contribution in [3.8, 4) is 0 Å². The molecule has 12 heteroatoms. The number of ether oxygens (including phenoxy) is 4. The second-order valence-corrected chi connectivity index (χ2v) is 10.5. The molecule has 0 aromatic rings. The minimum absolute atomic E-state index is 0.0810. The quantitative estimate of drug-likeness (QED) is 0.173. The molecule has 3 rings (SSSR count). The third-order valence-electron chi connectivity index (χ3n) is 7.28. The number of carbonyl (C=O) groups excluding carboxylic acids is 1. The van der Waals surface area contributed by atoms with Gasteiger partial charge in [-0.05, 0) is 31.6 Å². The molecule has 0 spiro atoms. The van der Waals surface area contributed by atoms with E-state index in [0.29, 0.717) is 5.57 Å². The maximum absolute atomic E-state index is 12.0. The second kappa shape index (κ2) is 10.8. The summed E-state index contributed by atoms with van der Waals surface area (Å²) in [4.78, 5) is 12.0. The summed E-state index contributed by atoms with van der Waals surface area (Å²) in [5.74, 6) is -0.0810. The van der Waals surface area contributed by atoms with Crippen molar-refractivity contribution in [1.29, 1.82) is 0 Å². The standard InChI is InChI=1S/C24H38O12/c1-12-7-14(27)8-22(3,4)24(12,32)6-5-13(2)34-20-18(17(29)16(28)15(9-25)35-20)36-21-19(30)23(31,10-26)11-33-21/h5-7,13,15-21,25-26,28-32H,8-11H2,1-4H3. The Kier molecular flexibility index (Phi) is 8.80. The molecule has 36 heavy (non-hydrogen) atoms. The highest BCUT2D eigenvalue weighted by Crippen LogP contribution is 2.44. The molecule has 0 aromatic heterocycles. The number of carbonyl (C=O) groups is 1. The molecule has 0 radical (unpaired) electrons. The molecule has 7 N–H and O–H groups in total. The van der Waals surface area contributed by atoms with E-state index in [1.807, 2.05) is 0 Å². The van der Waals surface area contributed by atoms with Crippen molar-refractivity contribution < 1.29 is 59.5 Å². The first-order valence-electron chi connectivity index (χ1n) is 11.9. The van der Waals surface area contributed by atoms with Crippen LogP contribution in [-0.2, 0) is 23.7 Å². The van der Waals surface area contributed by atoms with Gasteiger partial charge in [0.2, 0.25) is 0 Å². The first kappa shape index (κ1) is 29.3. The van der Waals surface area contributed by atoms with Gasteiger partial charge in [-0.1, -0.05) is 19.9 Å². The lowest BCUT2D eigenvalue weighted by molar-refractivity contribution is -0.339. The van der Waals surface area contributed by atoms with Crippen molar-refractivity contribution in [2.24, 2.45) is 5.41 Å². The maximum Gasteiger partial charge on any atom is 0.187 e. The van der Waals surface area contributed by atoms with Crippen LogP contribution in [0.5, 0.6) is 0 Å². The number of ketones is 1. The normalized spacial score (nSPS) is 44.1. The molecule has 0 bridgehead atoms. The average molecular weight is 519 g/mol. The smallest absolute Gasteiger partial charge is 0.187 e. The molecular formula is C24H38O12. The van der Waals surface area contributed by atoms with Crippen molar-refractivity contribution in [3.05, 3.63) is 23.8 Å². The predicted molar refractivity (Wildman–Crippen MR) is 122 cm³/mol. The van der Waals surface area contributed by atoms with Gasteiger partial charge in [-0.25, -0.2) is 0 Å². The van der Waals surface area contributed by atoms with Crippen LogP contribution in [0.15, 0.2) is 23.8 Å². The van der Waals surface area contributed by atoms with E-state index in [0.717, 1.165) is 0 Å². The van der Waals surface area contributed by atoms with E-state index in [1.54, 1.807) is 33.8 Å². The van der Waals surface area contributed by atoms with E-state index in [-0.39, 0.29) is 12.2 Å². The molecule has 10 atom stereocenters. The molecule has 12 nitrogen and oxygen atoms in total. The summed E-state index contributed by atoms with van der Waals surface area (Å²) >= 11 is 0. The summed E-state index contributed by atoms with van der Waals surface area (Å²) < 4.78 is 22.3. The Morgan fingerprint density at radius 1 is 1.17 bits per heavy atom. The Bertz CT molecular complexity index is 858. The van der Waals surface area contributed by atoms with Crippen LogP contribution in [0.1, 0.15) is 34.1 Å². The van der Waals surface area contributed by atoms with E-state index in [4.69, 9.17) is 18.9 Å². The van der Waals surface area contributed by atoms with Gasteiger partial charge in [-0.3, -0.25) is 4.79 Å². The summed E-state index contributed by atoms with van der Waals surface area (Å²) in [6, 6.07) is 0. The van der Waals surface area contributed by atoms with Crippen LogP contribution in [-0.4, -0.2) is 122 Å². The molecule has 2 fully saturated rings. The molecule has 1 aliphatic carbocycles. The highest BCUT2D eigenvalue weighted by Gasteiger charge is 2.53. The Balaban J connectivity index is 1.78. The Labute approximate surface area is 209 Å². The summed E-state index contributed by atoms with van der Waals surface area (Å²) in [7, 11) is 0. The van der Waals surface area contributed by atoms with Crippen LogP contribution in [0.4, 0.5) is 0 Å². The molecular weight excluding hydrogens is 480 g/mol. The van der Waals surface area contributed by atoms with Gasteiger partial charge in [-0.2, -0.15) is 0 Å². The van der Waals surface area contributed by atoms with Gasteiger partial charge < -0.3 is 54.7 Å². The number of rotatable bonds is 8. The summed E-state index contributed by atoms with van der Waals surface area (Å²) in [5.41, 5.74) is -3.71. The number of allylic oxidation sites excluding steroid dienone is 1. The van der Waals surface area contributed by atoms with Crippen molar-refractivity contribution in [2.45, 2.75) is 94.5 Å². The van der Waals surface area contributed by atoms with Crippen LogP contribution < -0.4 is 0 Å². The fourth-order valence-corrected chi connectivity index (χ4v) is 4.77. The highest BCUT2D eigenvalue weighted by atomic mass is 16.8. The molecule has 2 heterocycles. The van der Waals surface area contributed by atoms with Gasteiger partial charge in [0.05, 0.1) is 25.9 Å². The molecule has 3 aliphatic rings. The summed E-state index contributed by atoms with van der Waals surface area (Å²) in [5, 5.41) is 71.7. The highest BCUT2D eigenvalue weighted by molar-refractivity contribution is 5.92. The first-order chi connectivity index (χ1) is 16.7. The number of hydrogen-bond donors (Lipinski definition) is 7. The topological polar surface area (TPSA) is 196 Å². The summed E-state index contributed by atoms with van der Waals surface area (Å²) in [6.07, 6.45) is -6.47. The number of hydrogen-bond acceptors (Lipinski definition) is 12. The Morgan fingerprint density at radius 3 is 2.39 bits per heavy atom. The molecule has 2 saturated heterocycles. The van der Waals surface area contributed by atoms with E-state index in [2.05, 4.69) is 0 Å². The first-order valence-corrected chi connectivity index (χ1v) is 11.9. The molecule has 2 aliphatic heterocycles. The zero-order chi connectivity index (χ0) is 27.1. The van der Waals surface area contributed by atoms with Crippen molar-refractivity contribution in [1.82, 2.24) is 0 Å². The van der Waals surface area contributed by atoms with Crippen LogP contribution in [0.3, 0.4) is 0 Å². The van der Waals surface area contributed by atoms with Crippen LogP contribution in [0.2, 0.25) is 0 Å². The fraction of sp³-hybridized carbons (Fsp3) is 0.792. The SMILES string of the molecule is CC1=CC(=O)CC(C)(C)C1(O)C=CC(C)OC1OC(CO)C(O)C(O)C1OC1OCC(O)(CO)C1O. The fourth-order valence-electron chi connectivity index (χ4n) is 4.77. The zero-order valence-electron chi connectivity index (χ0n) is 20.9. The summed E-state index contributed by atoms with van der Waals surface area (Å²) in [6.45, 7) is 4.96. The number of aliphatic hydroxyl groups is 7. The molecule has 0 amide bonds. The van der Waals surface area contributed by atoms with Crippen LogP contribution >= 0.6 is 0 Å². The van der Waals surface area contributed by atoms with Gasteiger partial charge in [0.25, 0.3) is 0 Å². The van der Waals surface area contributed by atoms with Crippen LogP contribution in [0.25, 0.3) is 0 Å². The zero-order valence-corrected chi connectivity index (χ0v) is 20.9.